The number of fused-ring (bicyclic) bond motifs is 2. The van der Waals surface area contributed by atoms with E-state index in [2.05, 4.69) is 0 Å². The summed E-state index contributed by atoms with van der Waals surface area (Å²) < 4.78 is 23.1. The molecule has 2 bridgehead atoms. The number of ether oxygens (including phenoxy) is 4. The summed E-state index contributed by atoms with van der Waals surface area (Å²) in [7, 11) is 0. The SMILES string of the molecule is C[C@H]1[C@H](O)[C@@H](C)/C=C/C=C/C=C\C=C\C=C\C=C/C=C/[C@H](OC2O[C@H](C)[C@@H](O)[C@@H](N)[C@@H]2O)CC2O[C@](O)(C[C@@H](O)C[C@H](O)CC[C@@H](O)CC(O)C[C@@H](O)C(=O)O[C@H]1C)C[C@H](O)[C@H]2C(=O)O. The molecule has 3 aliphatic rings. The Morgan fingerprint density at radius 2 is 1.18 bits per heavy atom. The van der Waals surface area contributed by atoms with Crippen molar-refractivity contribution < 1.29 is 84.7 Å². The van der Waals surface area contributed by atoms with Gasteiger partial charge in [-0.3, -0.25) is 4.79 Å². The first-order valence-corrected chi connectivity index (χ1v) is 22.3. The second kappa shape index (κ2) is 27.4. The zero-order valence-corrected chi connectivity index (χ0v) is 37.6. The molecule has 368 valence electrons. The third kappa shape index (κ3) is 18.6. The van der Waals surface area contributed by atoms with E-state index in [9.17, 15) is 65.8 Å². The van der Waals surface area contributed by atoms with Crippen molar-refractivity contribution in [2.24, 2.45) is 23.5 Å². The second-order valence-corrected chi connectivity index (χ2v) is 17.6. The molecule has 3 aliphatic heterocycles. The lowest BCUT2D eigenvalue weighted by Gasteiger charge is -2.45. The van der Waals surface area contributed by atoms with Gasteiger partial charge in [-0.15, -0.1) is 0 Å². The number of carbonyl (C=O) groups is 2. The predicted octanol–water partition coefficient (Wildman–Crippen LogP) is 0.712. The monoisotopic (exact) mass is 923 g/mol. The molecular weight excluding hydrogens is 851 g/mol. The van der Waals surface area contributed by atoms with Crippen LogP contribution in [0.4, 0.5) is 0 Å². The molecule has 3 rings (SSSR count). The Balaban J connectivity index is 1.85. The van der Waals surface area contributed by atoms with Crippen LogP contribution < -0.4 is 5.73 Å². The lowest BCUT2D eigenvalue weighted by Crippen LogP contribution is -2.61. The van der Waals surface area contributed by atoms with Crippen LogP contribution in [0.3, 0.4) is 0 Å². The first-order valence-electron chi connectivity index (χ1n) is 22.3. The predicted molar refractivity (Wildman–Crippen MR) is 237 cm³/mol. The van der Waals surface area contributed by atoms with Crippen LogP contribution in [0.5, 0.6) is 0 Å². The number of rotatable bonds is 3. The van der Waals surface area contributed by atoms with Crippen LogP contribution in [0.15, 0.2) is 85.1 Å². The van der Waals surface area contributed by atoms with Crippen molar-refractivity contribution in [3.05, 3.63) is 85.1 Å². The Bertz CT molecular complexity index is 1670. The molecule has 0 saturated carbocycles. The highest BCUT2D eigenvalue weighted by Gasteiger charge is 2.51. The van der Waals surface area contributed by atoms with Gasteiger partial charge in [0.15, 0.2) is 18.2 Å². The number of allylic oxidation sites excluding steroid dienone is 12. The van der Waals surface area contributed by atoms with E-state index in [-0.39, 0.29) is 38.0 Å². The summed E-state index contributed by atoms with van der Waals surface area (Å²) in [6, 6.07) is -1.14. The van der Waals surface area contributed by atoms with Crippen molar-refractivity contribution in [3.63, 3.8) is 0 Å². The Kier molecular flexibility index (Phi) is 23.6. The van der Waals surface area contributed by atoms with Crippen LogP contribution in [-0.4, -0.2) is 166 Å². The molecule has 2 fully saturated rings. The average molecular weight is 924 g/mol. The Hall–Kier alpha value is -3.44. The van der Waals surface area contributed by atoms with Gasteiger partial charge in [0.1, 0.15) is 18.1 Å². The van der Waals surface area contributed by atoms with Crippen LogP contribution in [0.1, 0.15) is 79.1 Å². The van der Waals surface area contributed by atoms with Crippen molar-refractivity contribution in [2.75, 3.05) is 0 Å². The minimum atomic E-state index is -2.28. The first kappa shape index (κ1) is 55.9. The summed E-state index contributed by atoms with van der Waals surface area (Å²) in [5.41, 5.74) is 6.02. The van der Waals surface area contributed by atoms with Crippen LogP contribution in [0.25, 0.3) is 0 Å². The number of aliphatic hydroxyl groups excluding tert-OH is 9. The van der Waals surface area contributed by atoms with E-state index < -0.39 is 141 Å². The van der Waals surface area contributed by atoms with Crippen LogP contribution in [0.2, 0.25) is 0 Å². The lowest BCUT2D eigenvalue weighted by atomic mass is 9.82. The topological polar surface area (TPSA) is 320 Å². The molecule has 0 aliphatic carbocycles. The van der Waals surface area contributed by atoms with E-state index in [1.54, 1.807) is 92.8 Å². The van der Waals surface area contributed by atoms with Crippen LogP contribution in [-0.2, 0) is 28.5 Å². The number of nitrogens with two attached hydrogens (primary N) is 1. The van der Waals surface area contributed by atoms with Gasteiger partial charge in [-0.1, -0.05) is 98.9 Å². The molecular formula is C47H73NO17. The normalized spacial score (nSPS) is 45.5. The van der Waals surface area contributed by atoms with Gasteiger partial charge in [0.05, 0.1) is 67.1 Å². The highest BCUT2D eigenvalue weighted by atomic mass is 16.7. The van der Waals surface area contributed by atoms with Crippen molar-refractivity contribution >= 4 is 11.9 Å². The van der Waals surface area contributed by atoms with Gasteiger partial charge >= 0.3 is 11.9 Å². The fraction of sp³-hybridized carbons (Fsp3) is 0.660. The van der Waals surface area contributed by atoms with E-state index in [4.69, 9.17) is 24.7 Å². The lowest BCUT2D eigenvalue weighted by molar-refractivity contribution is -0.308. The Morgan fingerprint density at radius 1 is 0.662 bits per heavy atom. The molecule has 0 aromatic heterocycles. The number of cyclic esters (lactones) is 1. The highest BCUT2D eigenvalue weighted by Crippen LogP contribution is 2.38. The molecule has 0 aromatic rings. The summed E-state index contributed by atoms with van der Waals surface area (Å²) in [6.07, 6.45) is 4.01. The smallest absolute Gasteiger partial charge is 0.335 e. The van der Waals surface area contributed by atoms with Crippen LogP contribution in [0, 0.1) is 17.8 Å². The van der Waals surface area contributed by atoms with E-state index in [0.29, 0.717) is 0 Å². The molecule has 19 atom stereocenters. The molecule has 18 heteroatoms. The maximum atomic E-state index is 12.7. The number of carboxylic acids is 1. The number of esters is 1. The minimum Gasteiger partial charge on any atom is -0.481 e. The quantitative estimate of drug-likeness (QED) is 0.174. The molecule has 65 heavy (non-hydrogen) atoms. The summed E-state index contributed by atoms with van der Waals surface area (Å²) in [4.78, 5) is 25.1. The molecule has 13 N–H and O–H groups in total. The first-order chi connectivity index (χ1) is 30.6. The fourth-order valence-electron chi connectivity index (χ4n) is 7.98. The van der Waals surface area contributed by atoms with Crippen molar-refractivity contribution in [1.82, 2.24) is 0 Å². The molecule has 0 spiro atoms. The van der Waals surface area contributed by atoms with Gasteiger partial charge in [0, 0.05) is 37.5 Å². The van der Waals surface area contributed by atoms with E-state index in [1.165, 1.54) is 13.0 Å². The van der Waals surface area contributed by atoms with E-state index >= 15 is 0 Å². The summed E-state index contributed by atoms with van der Waals surface area (Å²) >= 11 is 0. The Morgan fingerprint density at radius 3 is 1.74 bits per heavy atom. The van der Waals surface area contributed by atoms with Crippen molar-refractivity contribution in [2.45, 2.75) is 177 Å². The summed E-state index contributed by atoms with van der Waals surface area (Å²) in [5.74, 6) is -7.11. The highest BCUT2D eigenvalue weighted by molar-refractivity contribution is 5.74. The molecule has 0 amide bonds. The number of aliphatic hydroxyl groups is 10. The number of hydrogen-bond donors (Lipinski definition) is 12. The van der Waals surface area contributed by atoms with Gasteiger partial charge in [-0.2, -0.15) is 0 Å². The molecule has 0 radical (unpaired) electrons. The van der Waals surface area contributed by atoms with Gasteiger partial charge in [-0.05, 0) is 39.5 Å². The van der Waals surface area contributed by atoms with Gasteiger partial charge in [0.2, 0.25) is 0 Å². The van der Waals surface area contributed by atoms with E-state index in [1.807, 2.05) is 6.92 Å². The van der Waals surface area contributed by atoms with Crippen LogP contribution >= 0.6 is 0 Å². The Labute approximate surface area is 381 Å². The third-order valence-corrected chi connectivity index (χ3v) is 12.0. The molecule has 3 heterocycles. The number of carboxylic acid groups (broad SMARTS) is 1. The molecule has 3 unspecified atom stereocenters. The van der Waals surface area contributed by atoms with Crippen molar-refractivity contribution in [1.29, 1.82) is 0 Å². The largest absolute Gasteiger partial charge is 0.481 e. The molecule has 0 aromatic carbocycles. The van der Waals surface area contributed by atoms with E-state index in [0.717, 1.165) is 0 Å². The number of aliphatic carboxylic acids is 1. The number of hydrogen-bond acceptors (Lipinski definition) is 17. The van der Waals surface area contributed by atoms with Gasteiger partial charge in [-0.25, -0.2) is 4.79 Å². The van der Waals surface area contributed by atoms with Gasteiger partial charge in [0.25, 0.3) is 0 Å². The molecule has 2 saturated heterocycles. The second-order valence-electron chi connectivity index (χ2n) is 17.6. The molecule has 18 nitrogen and oxygen atoms in total. The minimum absolute atomic E-state index is 0.0572. The summed E-state index contributed by atoms with van der Waals surface area (Å²) in [6.45, 7) is 6.64. The zero-order chi connectivity index (χ0) is 48.4. The van der Waals surface area contributed by atoms with Crippen molar-refractivity contribution in [3.8, 4) is 0 Å². The third-order valence-electron chi connectivity index (χ3n) is 12.0. The van der Waals surface area contributed by atoms with Gasteiger partial charge < -0.3 is 80.9 Å². The maximum absolute atomic E-state index is 12.7. The standard InChI is InChI=1S/C47H73NO17/c1-27-17-15-13-11-9-7-5-6-8-10-12-14-16-18-35(64-46-43(57)40(48)42(56)30(4)63-46)24-38-39(44(58)59)37(54)26-47(61,65-38)25-34(52)22-32(50)20-19-31(49)21-33(51)23-36(53)45(60)62-29(3)28(2)41(27)55/h5-18,27-43,46,49-57,61H,19-26,48H2,1-4H3,(H,58,59)/b6-5+,9-7-,10-8+,13-11+,14-12-,17-15+,18-16+/t27-,28+,29-,30+,31+,32+,33?,34-,35-,36+,37-,38?,39+,40+,41+,42+,43-,46?,47+/m0/s1. The maximum Gasteiger partial charge on any atom is 0.335 e. The fourth-order valence-corrected chi connectivity index (χ4v) is 7.98. The zero-order valence-electron chi connectivity index (χ0n) is 37.6. The average Bonchev–Trinajstić information content (AvgIpc) is 3.22. The summed E-state index contributed by atoms with van der Waals surface area (Å²) in [5, 5.41) is 118. The number of carbonyl (C=O) groups excluding carboxylic acids is 1.